The smallest absolute Gasteiger partial charge is 0.108 e. The lowest BCUT2D eigenvalue weighted by molar-refractivity contribution is 0.276. The summed E-state index contributed by atoms with van der Waals surface area (Å²) in [5.41, 5.74) is 3.34. The van der Waals surface area contributed by atoms with Gasteiger partial charge in [-0.2, -0.15) is 0 Å². The number of nitrogens with zero attached hydrogens (tertiary/aromatic N) is 3. The summed E-state index contributed by atoms with van der Waals surface area (Å²) in [6.07, 6.45) is 6.80. The maximum absolute atomic E-state index is 8.97. The van der Waals surface area contributed by atoms with Crippen LogP contribution < -0.4 is 5.32 Å². The van der Waals surface area contributed by atoms with E-state index < -0.39 is 0 Å². The quantitative estimate of drug-likeness (QED) is 0.662. The van der Waals surface area contributed by atoms with Crippen LogP contribution in [0.15, 0.2) is 30.5 Å². The molecule has 0 spiro atoms. The molecule has 0 radical (unpaired) electrons. The summed E-state index contributed by atoms with van der Waals surface area (Å²) in [6, 6.07) is 9.24. The highest BCUT2D eigenvalue weighted by Crippen LogP contribution is 2.15. The highest BCUT2D eigenvalue weighted by molar-refractivity contribution is 5.24. The fourth-order valence-electron chi connectivity index (χ4n) is 2.59. The van der Waals surface area contributed by atoms with Crippen molar-refractivity contribution >= 4 is 0 Å². The Morgan fingerprint density at radius 2 is 2.00 bits per heavy atom. The molecular weight excluding hydrogens is 288 g/mol. The number of aromatic nitrogens is 3. The van der Waals surface area contributed by atoms with Crippen LogP contribution in [0.4, 0.5) is 0 Å². The van der Waals surface area contributed by atoms with Crippen LogP contribution >= 0.6 is 0 Å². The number of aliphatic hydroxyl groups excluding tert-OH is 1. The zero-order valence-electron chi connectivity index (χ0n) is 14.2. The molecule has 0 aliphatic rings. The predicted octanol–water partition coefficient (Wildman–Crippen LogP) is 2.85. The van der Waals surface area contributed by atoms with Gasteiger partial charge in [-0.3, -0.25) is 4.68 Å². The van der Waals surface area contributed by atoms with Crippen molar-refractivity contribution in [3.05, 3.63) is 47.3 Å². The second-order valence-corrected chi connectivity index (χ2v) is 6.01. The third-order valence-corrected chi connectivity index (χ3v) is 4.09. The van der Waals surface area contributed by atoms with Crippen LogP contribution in [0.1, 0.15) is 56.0 Å². The molecule has 2 rings (SSSR count). The molecule has 0 aliphatic carbocycles. The number of hydrogen-bond donors (Lipinski definition) is 2. The standard InChI is InChI=1S/C18H28N4O/c1-3-4-5-6-16-7-9-17(10-8-16)15(2)19-11-12-22-13-18(14-23)20-21-22/h7-10,13,15,19,23H,3-6,11-12,14H2,1-2H3. The van der Waals surface area contributed by atoms with Crippen LogP contribution in [0, 0.1) is 0 Å². The van der Waals surface area contributed by atoms with Gasteiger partial charge >= 0.3 is 0 Å². The molecule has 2 N–H and O–H groups in total. The Morgan fingerprint density at radius 3 is 2.65 bits per heavy atom. The first-order valence-corrected chi connectivity index (χ1v) is 8.55. The average Bonchev–Trinajstić information content (AvgIpc) is 3.03. The molecule has 5 nitrogen and oxygen atoms in total. The Morgan fingerprint density at radius 1 is 1.22 bits per heavy atom. The number of hydrogen-bond acceptors (Lipinski definition) is 4. The Kier molecular flexibility index (Phi) is 7.23. The van der Waals surface area contributed by atoms with Crippen LogP contribution in [-0.4, -0.2) is 26.6 Å². The predicted molar refractivity (Wildman–Crippen MR) is 92.0 cm³/mol. The fourth-order valence-corrected chi connectivity index (χ4v) is 2.59. The van der Waals surface area contributed by atoms with Gasteiger partial charge in [0.15, 0.2) is 0 Å². The van der Waals surface area contributed by atoms with Gasteiger partial charge in [-0.05, 0) is 30.9 Å². The first-order valence-electron chi connectivity index (χ1n) is 8.55. The number of aryl methyl sites for hydroxylation is 1. The lowest BCUT2D eigenvalue weighted by Crippen LogP contribution is -2.23. The van der Waals surface area contributed by atoms with Gasteiger partial charge in [0.05, 0.1) is 19.3 Å². The maximum Gasteiger partial charge on any atom is 0.108 e. The minimum Gasteiger partial charge on any atom is -0.390 e. The number of benzene rings is 1. The summed E-state index contributed by atoms with van der Waals surface area (Å²) in [5.74, 6) is 0. The number of aliphatic hydroxyl groups is 1. The van der Waals surface area contributed by atoms with Crippen molar-refractivity contribution in [2.75, 3.05) is 6.54 Å². The van der Waals surface area contributed by atoms with Crippen LogP contribution in [0.2, 0.25) is 0 Å². The van der Waals surface area contributed by atoms with Gasteiger partial charge in [-0.1, -0.05) is 49.2 Å². The molecule has 0 aliphatic heterocycles. The van der Waals surface area contributed by atoms with Crippen LogP contribution in [0.25, 0.3) is 0 Å². The van der Waals surface area contributed by atoms with Gasteiger partial charge in [0.1, 0.15) is 5.69 Å². The van der Waals surface area contributed by atoms with Crippen molar-refractivity contribution in [2.45, 2.75) is 58.7 Å². The first kappa shape index (κ1) is 17.6. The van der Waals surface area contributed by atoms with Crippen molar-refractivity contribution < 1.29 is 5.11 Å². The SMILES string of the molecule is CCCCCc1ccc(C(C)NCCn2cc(CO)nn2)cc1. The van der Waals surface area contributed by atoms with E-state index in [-0.39, 0.29) is 6.61 Å². The molecule has 126 valence electrons. The number of nitrogens with one attached hydrogen (secondary N) is 1. The molecule has 1 aromatic heterocycles. The molecule has 0 saturated carbocycles. The van der Waals surface area contributed by atoms with Crippen molar-refractivity contribution in [1.82, 2.24) is 20.3 Å². The molecule has 1 aromatic carbocycles. The summed E-state index contributed by atoms with van der Waals surface area (Å²) < 4.78 is 1.75. The minimum atomic E-state index is -0.0611. The summed E-state index contributed by atoms with van der Waals surface area (Å²) in [7, 11) is 0. The van der Waals surface area contributed by atoms with E-state index in [1.807, 2.05) is 0 Å². The van der Waals surface area contributed by atoms with E-state index in [4.69, 9.17) is 5.11 Å². The fraction of sp³-hybridized carbons (Fsp3) is 0.556. The molecule has 5 heteroatoms. The van der Waals surface area contributed by atoms with Gasteiger partial charge in [-0.15, -0.1) is 5.10 Å². The normalized spacial score (nSPS) is 12.5. The number of rotatable bonds is 10. The van der Waals surface area contributed by atoms with Crippen molar-refractivity contribution in [3.8, 4) is 0 Å². The van der Waals surface area contributed by atoms with Crippen molar-refractivity contribution in [3.63, 3.8) is 0 Å². The molecule has 1 heterocycles. The Balaban J connectivity index is 1.75. The van der Waals surface area contributed by atoms with Gasteiger partial charge in [0, 0.05) is 12.6 Å². The van der Waals surface area contributed by atoms with E-state index in [1.165, 1.54) is 36.8 Å². The van der Waals surface area contributed by atoms with E-state index in [1.54, 1.807) is 10.9 Å². The minimum absolute atomic E-state index is 0.0611. The van der Waals surface area contributed by atoms with Crippen LogP contribution in [-0.2, 0) is 19.6 Å². The monoisotopic (exact) mass is 316 g/mol. The molecular formula is C18H28N4O. The molecule has 23 heavy (non-hydrogen) atoms. The lowest BCUT2D eigenvalue weighted by atomic mass is 10.0. The second-order valence-electron chi connectivity index (χ2n) is 6.01. The summed E-state index contributed by atoms with van der Waals surface area (Å²) in [5, 5.41) is 20.3. The van der Waals surface area contributed by atoms with Gasteiger partial charge < -0.3 is 10.4 Å². The second kappa shape index (κ2) is 9.43. The Labute approximate surface area is 138 Å². The van der Waals surface area contributed by atoms with Crippen molar-refractivity contribution in [2.24, 2.45) is 0 Å². The molecule has 1 unspecified atom stereocenters. The van der Waals surface area contributed by atoms with E-state index in [0.29, 0.717) is 11.7 Å². The van der Waals surface area contributed by atoms with Gasteiger partial charge in [0.2, 0.25) is 0 Å². The zero-order valence-corrected chi connectivity index (χ0v) is 14.2. The maximum atomic E-state index is 8.97. The molecule has 0 saturated heterocycles. The average molecular weight is 316 g/mol. The largest absolute Gasteiger partial charge is 0.390 e. The van der Waals surface area contributed by atoms with Crippen molar-refractivity contribution in [1.29, 1.82) is 0 Å². The van der Waals surface area contributed by atoms with Crippen LogP contribution in [0.3, 0.4) is 0 Å². The Bertz CT molecular complexity index is 565. The van der Waals surface area contributed by atoms with E-state index in [2.05, 4.69) is 53.7 Å². The van der Waals surface area contributed by atoms with E-state index in [9.17, 15) is 0 Å². The lowest BCUT2D eigenvalue weighted by Gasteiger charge is -2.14. The Hall–Kier alpha value is -1.72. The van der Waals surface area contributed by atoms with Gasteiger partial charge in [0.25, 0.3) is 0 Å². The molecule has 1 atom stereocenters. The third-order valence-electron chi connectivity index (χ3n) is 4.09. The van der Waals surface area contributed by atoms with Crippen LogP contribution in [0.5, 0.6) is 0 Å². The highest BCUT2D eigenvalue weighted by atomic mass is 16.3. The number of unbranched alkanes of at least 4 members (excludes halogenated alkanes) is 2. The first-order chi connectivity index (χ1) is 11.2. The molecule has 0 bridgehead atoms. The molecule has 2 aromatic rings. The summed E-state index contributed by atoms with van der Waals surface area (Å²) >= 11 is 0. The van der Waals surface area contributed by atoms with E-state index >= 15 is 0 Å². The molecule has 0 fully saturated rings. The topological polar surface area (TPSA) is 63.0 Å². The summed E-state index contributed by atoms with van der Waals surface area (Å²) in [6.45, 7) is 5.90. The molecule has 0 amide bonds. The summed E-state index contributed by atoms with van der Waals surface area (Å²) in [4.78, 5) is 0. The third kappa shape index (κ3) is 5.77. The zero-order chi connectivity index (χ0) is 16.5. The van der Waals surface area contributed by atoms with Gasteiger partial charge in [-0.25, -0.2) is 0 Å². The highest BCUT2D eigenvalue weighted by Gasteiger charge is 2.05. The van der Waals surface area contributed by atoms with E-state index in [0.717, 1.165) is 13.1 Å².